The summed E-state index contributed by atoms with van der Waals surface area (Å²) in [6.45, 7) is 9.04. The van der Waals surface area contributed by atoms with Crippen LogP contribution in [0.1, 0.15) is 49.2 Å². The molecule has 1 N–H and O–H groups in total. The molecule has 0 amide bonds. The molecule has 0 aliphatic carbocycles. The minimum absolute atomic E-state index is 0.0188. The van der Waals surface area contributed by atoms with Gasteiger partial charge in [0.15, 0.2) is 0 Å². The van der Waals surface area contributed by atoms with E-state index < -0.39 is 5.97 Å². The van der Waals surface area contributed by atoms with Crippen molar-refractivity contribution in [2.45, 2.75) is 46.3 Å². The van der Waals surface area contributed by atoms with Crippen LogP contribution in [0.2, 0.25) is 0 Å². The van der Waals surface area contributed by atoms with Gasteiger partial charge in [-0.15, -0.1) is 11.3 Å². The Kier molecular flexibility index (Phi) is 8.23. The van der Waals surface area contributed by atoms with Gasteiger partial charge in [-0.2, -0.15) is 0 Å². The molecule has 0 bridgehead atoms. The zero-order chi connectivity index (χ0) is 27.4. The lowest BCUT2D eigenvalue weighted by Gasteiger charge is -2.21. The number of carbonyl (C=O) groups excluding carboxylic acids is 1. The molecule has 0 fully saturated rings. The van der Waals surface area contributed by atoms with Gasteiger partial charge in [-0.05, 0) is 69.2 Å². The molecule has 38 heavy (non-hydrogen) atoms. The van der Waals surface area contributed by atoms with Crippen molar-refractivity contribution in [2.75, 3.05) is 20.8 Å². The van der Waals surface area contributed by atoms with E-state index in [0.29, 0.717) is 18.5 Å². The number of esters is 1. The molecule has 0 radical (unpaired) electrons. The third-order valence-electron chi connectivity index (χ3n) is 6.18. The fourth-order valence-corrected chi connectivity index (χ4v) is 5.58. The Morgan fingerprint density at radius 3 is 2.37 bits per heavy atom. The number of carbonyl (C=O) groups is 1. The number of pyridine rings is 1. The minimum atomic E-state index is -0.625. The van der Waals surface area contributed by atoms with Crippen molar-refractivity contribution in [2.24, 2.45) is 0 Å². The molecule has 7 nitrogen and oxygen atoms in total. The van der Waals surface area contributed by atoms with Gasteiger partial charge >= 0.3 is 5.97 Å². The summed E-state index contributed by atoms with van der Waals surface area (Å²) in [5, 5.41) is 4.06. The summed E-state index contributed by atoms with van der Waals surface area (Å²) in [5.74, 6) is 0.864. The van der Waals surface area contributed by atoms with Crippen LogP contribution in [0.5, 0.6) is 11.5 Å². The van der Waals surface area contributed by atoms with Crippen molar-refractivity contribution in [3.05, 3.63) is 81.6 Å². The van der Waals surface area contributed by atoms with Crippen molar-refractivity contribution in [3.8, 4) is 21.9 Å². The highest BCUT2D eigenvalue weighted by molar-refractivity contribution is 7.22. The maximum absolute atomic E-state index is 13.9. The number of nitrogens with zero attached hydrogens (tertiary/aromatic N) is 1. The number of aromatic nitrogens is 1. The lowest BCUT2D eigenvalue weighted by Crippen LogP contribution is -2.35. The summed E-state index contributed by atoms with van der Waals surface area (Å²) in [6, 6.07) is 15.5. The van der Waals surface area contributed by atoms with Gasteiger partial charge in [0.25, 0.3) is 0 Å². The van der Waals surface area contributed by atoms with Gasteiger partial charge in [-0.3, -0.25) is 4.79 Å². The van der Waals surface area contributed by atoms with Crippen LogP contribution in [0.3, 0.4) is 0 Å². The van der Waals surface area contributed by atoms with Crippen LogP contribution in [0.4, 0.5) is 0 Å². The molecular formula is C30H34N2O5S. The molecule has 0 unspecified atom stereocenters. The van der Waals surface area contributed by atoms with Crippen LogP contribution in [0.25, 0.3) is 20.7 Å². The zero-order valence-corrected chi connectivity index (χ0v) is 23.5. The summed E-state index contributed by atoms with van der Waals surface area (Å²) >= 11 is 1.54. The molecule has 2 heterocycles. The molecule has 4 rings (SSSR count). The molecule has 0 saturated heterocycles. The molecule has 0 aliphatic rings. The molecule has 2 aromatic heterocycles. The van der Waals surface area contributed by atoms with Gasteiger partial charge in [0.05, 0.1) is 32.8 Å². The molecule has 0 spiro atoms. The SMILES string of the molecule is CCOC(=O)c1cn(Cc2ccccc2OC)c2sc(-c3ccc(OC)cc3)c(CNC(C)(C)C)c2c1=O. The van der Waals surface area contributed by atoms with Crippen LogP contribution in [-0.4, -0.2) is 36.9 Å². The minimum Gasteiger partial charge on any atom is -0.497 e. The number of para-hydroxylation sites is 1. The number of ether oxygens (including phenoxy) is 3. The predicted octanol–water partition coefficient (Wildman–Crippen LogP) is 5.86. The number of rotatable bonds is 9. The van der Waals surface area contributed by atoms with Gasteiger partial charge in [0.1, 0.15) is 21.9 Å². The highest BCUT2D eigenvalue weighted by atomic mass is 32.1. The van der Waals surface area contributed by atoms with E-state index in [1.165, 1.54) is 11.3 Å². The first-order valence-corrected chi connectivity index (χ1v) is 13.4. The second kappa shape index (κ2) is 11.4. The Morgan fingerprint density at radius 1 is 1.03 bits per heavy atom. The molecule has 8 heteroatoms. The first-order valence-electron chi connectivity index (χ1n) is 12.5. The summed E-state index contributed by atoms with van der Waals surface area (Å²) < 4.78 is 18.2. The van der Waals surface area contributed by atoms with E-state index in [1.807, 2.05) is 53.1 Å². The number of fused-ring (bicyclic) bond motifs is 1. The van der Waals surface area contributed by atoms with E-state index in [4.69, 9.17) is 14.2 Å². The van der Waals surface area contributed by atoms with E-state index in [0.717, 1.165) is 37.9 Å². The van der Waals surface area contributed by atoms with Gasteiger partial charge in [0.2, 0.25) is 5.43 Å². The van der Waals surface area contributed by atoms with E-state index in [9.17, 15) is 9.59 Å². The summed E-state index contributed by atoms with van der Waals surface area (Å²) in [4.78, 5) is 28.6. The average Bonchev–Trinajstić information content (AvgIpc) is 3.29. The van der Waals surface area contributed by atoms with E-state index in [-0.39, 0.29) is 23.1 Å². The third kappa shape index (κ3) is 5.76. The van der Waals surface area contributed by atoms with Crippen molar-refractivity contribution in [3.63, 3.8) is 0 Å². The second-order valence-electron chi connectivity index (χ2n) is 9.95. The quantitative estimate of drug-likeness (QED) is 0.271. The number of methoxy groups -OCH3 is 2. The van der Waals surface area contributed by atoms with Crippen molar-refractivity contribution in [1.82, 2.24) is 9.88 Å². The van der Waals surface area contributed by atoms with Crippen LogP contribution in [0.15, 0.2) is 59.5 Å². The largest absolute Gasteiger partial charge is 0.497 e. The summed E-state index contributed by atoms with van der Waals surface area (Å²) in [5.41, 5.74) is 2.28. The maximum atomic E-state index is 13.9. The van der Waals surface area contributed by atoms with Gasteiger partial charge in [0, 0.05) is 28.7 Å². The van der Waals surface area contributed by atoms with E-state index >= 15 is 0 Å². The molecule has 0 saturated carbocycles. The molecule has 200 valence electrons. The molecule has 0 aliphatic heterocycles. The Hall–Kier alpha value is -3.62. The smallest absolute Gasteiger partial charge is 0.343 e. The fourth-order valence-electron chi connectivity index (χ4n) is 4.28. The van der Waals surface area contributed by atoms with Gasteiger partial charge < -0.3 is 24.1 Å². The first-order chi connectivity index (χ1) is 18.2. The van der Waals surface area contributed by atoms with Gasteiger partial charge in [-0.25, -0.2) is 4.79 Å². The number of hydrogen-bond donors (Lipinski definition) is 1. The number of nitrogens with one attached hydrogen (secondary N) is 1. The van der Waals surface area contributed by atoms with E-state index in [1.54, 1.807) is 27.3 Å². The van der Waals surface area contributed by atoms with E-state index in [2.05, 4.69) is 26.1 Å². The number of hydrogen-bond acceptors (Lipinski definition) is 7. The first kappa shape index (κ1) is 27.4. The zero-order valence-electron chi connectivity index (χ0n) is 22.7. The summed E-state index contributed by atoms with van der Waals surface area (Å²) in [7, 11) is 3.27. The van der Waals surface area contributed by atoms with Crippen molar-refractivity contribution < 1.29 is 19.0 Å². The maximum Gasteiger partial charge on any atom is 0.343 e. The van der Waals surface area contributed by atoms with Crippen LogP contribution in [-0.2, 0) is 17.8 Å². The summed E-state index contributed by atoms with van der Waals surface area (Å²) in [6.07, 6.45) is 1.62. The Balaban J connectivity index is 2.01. The van der Waals surface area contributed by atoms with Crippen molar-refractivity contribution in [1.29, 1.82) is 0 Å². The van der Waals surface area contributed by atoms with Crippen LogP contribution < -0.4 is 20.2 Å². The van der Waals surface area contributed by atoms with Crippen molar-refractivity contribution >= 4 is 27.5 Å². The lowest BCUT2D eigenvalue weighted by molar-refractivity contribution is 0.0524. The number of thiophene rings is 1. The molecular weight excluding hydrogens is 500 g/mol. The lowest BCUT2D eigenvalue weighted by atomic mass is 10.0. The average molecular weight is 535 g/mol. The third-order valence-corrected chi connectivity index (χ3v) is 7.50. The van der Waals surface area contributed by atoms with Crippen LogP contribution in [0, 0.1) is 0 Å². The Labute approximate surface area is 227 Å². The van der Waals surface area contributed by atoms with Gasteiger partial charge in [-0.1, -0.05) is 18.2 Å². The molecule has 4 aromatic rings. The Bertz CT molecular complexity index is 1500. The normalized spacial score (nSPS) is 11.5. The molecule has 2 aromatic carbocycles. The highest BCUT2D eigenvalue weighted by Gasteiger charge is 2.25. The fraction of sp³-hybridized carbons (Fsp3) is 0.333. The standard InChI is InChI=1S/C30H34N2O5S/c1-7-37-29(34)23-18-32(17-20-10-8-9-11-24(20)36-6)28-25(26(23)33)22(16-31-30(2,3)4)27(38-28)19-12-14-21(35-5)15-13-19/h8-15,18,31H,7,16-17H2,1-6H3. The second-order valence-corrected chi connectivity index (χ2v) is 11.0. The monoisotopic (exact) mass is 534 g/mol. The van der Waals surface area contributed by atoms with Crippen LogP contribution >= 0.6 is 11.3 Å². The topological polar surface area (TPSA) is 78.8 Å². The highest BCUT2D eigenvalue weighted by Crippen LogP contribution is 2.39. The predicted molar refractivity (Wildman–Crippen MR) is 153 cm³/mol. The molecule has 0 atom stereocenters. The number of benzene rings is 2. The Morgan fingerprint density at radius 2 is 1.74 bits per heavy atom.